The highest BCUT2D eigenvalue weighted by Crippen LogP contribution is 2.35. The van der Waals surface area contributed by atoms with Crippen molar-refractivity contribution in [1.82, 2.24) is 9.97 Å². The van der Waals surface area contributed by atoms with Gasteiger partial charge in [-0.15, -0.1) is 10.2 Å². The monoisotopic (exact) mass is 348 g/mol. The molecule has 0 aliphatic heterocycles. The lowest BCUT2D eigenvalue weighted by Crippen LogP contribution is -2.00. The highest BCUT2D eigenvalue weighted by atomic mass is 19.1. The molecule has 1 amide bonds. The van der Waals surface area contributed by atoms with E-state index in [1.54, 1.807) is 13.0 Å². The smallest absolute Gasteiger partial charge is 0.297 e. The zero-order chi connectivity index (χ0) is 18.3. The van der Waals surface area contributed by atoms with Crippen molar-refractivity contribution in [3.05, 3.63) is 65.6 Å². The minimum atomic E-state index is -0.592. The summed E-state index contributed by atoms with van der Waals surface area (Å²) in [5.74, 6) is -1.35. The second-order valence-corrected chi connectivity index (χ2v) is 5.83. The summed E-state index contributed by atoms with van der Waals surface area (Å²) in [6.07, 6.45) is 0. The van der Waals surface area contributed by atoms with Crippen LogP contribution < -0.4 is 0 Å². The minimum Gasteiger partial charge on any atom is -0.493 e. The molecule has 0 radical (unpaired) electrons. The molecule has 0 spiro atoms. The molecule has 4 aromatic rings. The maximum Gasteiger partial charge on any atom is 0.297 e. The predicted molar refractivity (Wildman–Crippen MR) is 95.2 cm³/mol. The number of carbonyl (C=O) groups excluding carboxylic acids is 1. The third-order valence-electron chi connectivity index (χ3n) is 4.10. The molecule has 0 unspecified atom stereocenters. The standard InChI is InChI=1S/C19H13FN4O2/c1-10-13(8-11-4-2-3-5-15(11)21-10)18(25)24-23-17-14-9-12(20)6-7-16(14)22-19(17)26/h2-9,22,26H,1H3. The Morgan fingerprint density at radius 3 is 2.85 bits per heavy atom. The van der Waals surface area contributed by atoms with Gasteiger partial charge in [0.25, 0.3) is 5.91 Å². The highest BCUT2D eigenvalue weighted by Gasteiger charge is 2.14. The number of halogens is 1. The molecular weight excluding hydrogens is 335 g/mol. The van der Waals surface area contributed by atoms with Crippen molar-refractivity contribution in [3.8, 4) is 5.88 Å². The lowest BCUT2D eigenvalue weighted by molar-refractivity contribution is 0.0994. The normalized spacial score (nSPS) is 11.6. The topological polar surface area (TPSA) is 90.7 Å². The van der Waals surface area contributed by atoms with Gasteiger partial charge in [-0.25, -0.2) is 4.39 Å². The number of nitrogens with one attached hydrogen (secondary N) is 1. The number of aromatic nitrogens is 2. The first-order valence-electron chi connectivity index (χ1n) is 7.85. The van der Waals surface area contributed by atoms with Crippen LogP contribution in [0, 0.1) is 12.7 Å². The molecule has 2 N–H and O–H groups in total. The largest absolute Gasteiger partial charge is 0.493 e. The predicted octanol–water partition coefficient (Wildman–Crippen LogP) is 4.79. The molecule has 0 saturated carbocycles. The number of nitrogens with zero attached hydrogens (tertiary/aromatic N) is 3. The van der Waals surface area contributed by atoms with E-state index in [9.17, 15) is 14.3 Å². The number of para-hydroxylation sites is 1. The quantitative estimate of drug-likeness (QED) is 0.510. The molecule has 7 heteroatoms. The molecule has 0 fully saturated rings. The summed E-state index contributed by atoms with van der Waals surface area (Å²) in [7, 11) is 0. The van der Waals surface area contributed by atoms with Gasteiger partial charge in [0.2, 0.25) is 5.88 Å². The zero-order valence-electron chi connectivity index (χ0n) is 13.7. The number of carbonyl (C=O) groups is 1. The van der Waals surface area contributed by atoms with Gasteiger partial charge in [0.15, 0.2) is 5.69 Å². The average Bonchev–Trinajstić information content (AvgIpc) is 2.93. The highest BCUT2D eigenvalue weighted by molar-refractivity contribution is 6.00. The number of hydrogen-bond donors (Lipinski definition) is 2. The van der Waals surface area contributed by atoms with Crippen molar-refractivity contribution >= 4 is 33.4 Å². The van der Waals surface area contributed by atoms with E-state index in [4.69, 9.17) is 0 Å². The van der Waals surface area contributed by atoms with Crippen LogP contribution >= 0.6 is 0 Å². The van der Waals surface area contributed by atoms with Crippen molar-refractivity contribution < 1.29 is 14.3 Å². The summed E-state index contributed by atoms with van der Waals surface area (Å²) >= 11 is 0. The van der Waals surface area contributed by atoms with E-state index < -0.39 is 11.7 Å². The number of aryl methyl sites for hydroxylation is 1. The first-order chi connectivity index (χ1) is 12.5. The van der Waals surface area contributed by atoms with Gasteiger partial charge in [-0.05, 0) is 37.3 Å². The van der Waals surface area contributed by atoms with Crippen LogP contribution in [0.1, 0.15) is 16.1 Å². The molecule has 128 valence electrons. The van der Waals surface area contributed by atoms with Gasteiger partial charge in [-0.3, -0.25) is 9.78 Å². The number of hydrogen-bond acceptors (Lipinski definition) is 4. The SMILES string of the molecule is Cc1nc2ccccc2cc1C(=O)N=Nc1c(O)[nH]c2ccc(F)cc12. The van der Waals surface area contributed by atoms with Crippen LogP contribution in [0.15, 0.2) is 58.8 Å². The van der Waals surface area contributed by atoms with E-state index in [2.05, 4.69) is 20.2 Å². The summed E-state index contributed by atoms with van der Waals surface area (Å²) < 4.78 is 13.4. The third kappa shape index (κ3) is 2.69. The second-order valence-electron chi connectivity index (χ2n) is 5.83. The van der Waals surface area contributed by atoms with Gasteiger partial charge in [0.05, 0.1) is 22.3 Å². The summed E-state index contributed by atoms with van der Waals surface area (Å²) in [5, 5.41) is 18.6. The molecule has 6 nitrogen and oxygen atoms in total. The zero-order valence-corrected chi connectivity index (χ0v) is 13.7. The van der Waals surface area contributed by atoms with E-state index in [0.717, 1.165) is 10.9 Å². The van der Waals surface area contributed by atoms with Crippen molar-refractivity contribution in [2.45, 2.75) is 6.92 Å². The Bertz CT molecular complexity index is 1200. The molecule has 0 aliphatic carbocycles. The van der Waals surface area contributed by atoms with Crippen molar-refractivity contribution in [2.24, 2.45) is 10.2 Å². The van der Waals surface area contributed by atoms with Gasteiger partial charge in [0.1, 0.15) is 5.82 Å². The van der Waals surface area contributed by atoms with Crippen LogP contribution in [0.3, 0.4) is 0 Å². The van der Waals surface area contributed by atoms with Gasteiger partial charge in [0, 0.05) is 10.8 Å². The van der Waals surface area contributed by atoms with E-state index in [0.29, 0.717) is 22.2 Å². The summed E-state index contributed by atoms with van der Waals surface area (Å²) in [4.78, 5) is 19.5. The molecule has 2 aromatic heterocycles. The van der Waals surface area contributed by atoms with Gasteiger partial charge in [-0.2, -0.15) is 0 Å². The lowest BCUT2D eigenvalue weighted by Gasteiger charge is -2.03. The van der Waals surface area contributed by atoms with Crippen molar-refractivity contribution in [3.63, 3.8) is 0 Å². The van der Waals surface area contributed by atoms with Gasteiger partial charge < -0.3 is 10.1 Å². The average molecular weight is 348 g/mol. The molecule has 2 aromatic carbocycles. The van der Waals surface area contributed by atoms with Crippen LogP contribution in [0.25, 0.3) is 21.8 Å². The Hall–Kier alpha value is -3.61. The van der Waals surface area contributed by atoms with Gasteiger partial charge >= 0.3 is 0 Å². The number of benzene rings is 2. The fourth-order valence-corrected chi connectivity index (χ4v) is 2.81. The van der Waals surface area contributed by atoms with E-state index in [-0.39, 0.29) is 11.6 Å². The van der Waals surface area contributed by atoms with Crippen LogP contribution in [0.5, 0.6) is 5.88 Å². The summed E-state index contributed by atoms with van der Waals surface area (Å²) in [6, 6.07) is 13.1. The number of rotatable bonds is 2. The number of pyridine rings is 1. The number of aromatic amines is 1. The molecular formula is C19H13FN4O2. The van der Waals surface area contributed by atoms with Gasteiger partial charge in [-0.1, -0.05) is 18.2 Å². The molecule has 0 bridgehead atoms. The Morgan fingerprint density at radius 2 is 2.00 bits per heavy atom. The number of amides is 1. The summed E-state index contributed by atoms with van der Waals surface area (Å²) in [6.45, 7) is 1.72. The maximum atomic E-state index is 13.4. The Labute approximate surface area is 147 Å². The Balaban J connectivity index is 1.74. The van der Waals surface area contributed by atoms with E-state index in [1.165, 1.54) is 18.2 Å². The fourth-order valence-electron chi connectivity index (χ4n) is 2.81. The van der Waals surface area contributed by atoms with Crippen LogP contribution in [-0.2, 0) is 0 Å². The van der Waals surface area contributed by atoms with Crippen molar-refractivity contribution in [1.29, 1.82) is 0 Å². The molecule has 26 heavy (non-hydrogen) atoms. The summed E-state index contributed by atoms with van der Waals surface area (Å²) in [5.41, 5.74) is 2.14. The number of aromatic hydroxyl groups is 1. The maximum absolute atomic E-state index is 13.4. The number of H-pyrrole nitrogens is 1. The second kappa shape index (κ2) is 6.03. The minimum absolute atomic E-state index is 0.0132. The molecule has 2 heterocycles. The van der Waals surface area contributed by atoms with E-state index >= 15 is 0 Å². The fraction of sp³-hybridized carbons (Fsp3) is 0.0526. The molecule has 4 rings (SSSR count). The van der Waals surface area contributed by atoms with Crippen LogP contribution in [0.2, 0.25) is 0 Å². The van der Waals surface area contributed by atoms with Crippen LogP contribution in [-0.4, -0.2) is 21.0 Å². The first-order valence-corrected chi connectivity index (χ1v) is 7.85. The number of fused-ring (bicyclic) bond motifs is 2. The number of azo groups is 1. The molecule has 0 atom stereocenters. The van der Waals surface area contributed by atoms with Crippen LogP contribution in [0.4, 0.5) is 10.1 Å². The lowest BCUT2D eigenvalue weighted by atomic mass is 10.1. The Morgan fingerprint density at radius 1 is 1.19 bits per heavy atom. The Kier molecular flexibility index (Phi) is 3.69. The molecule has 0 saturated heterocycles. The van der Waals surface area contributed by atoms with E-state index in [1.807, 2.05) is 24.3 Å². The first kappa shape index (κ1) is 15.9. The van der Waals surface area contributed by atoms with Crippen molar-refractivity contribution in [2.75, 3.05) is 0 Å². The third-order valence-corrected chi connectivity index (χ3v) is 4.10. The molecule has 0 aliphatic rings.